The number of halogens is 2. The van der Waals surface area contributed by atoms with Crippen LogP contribution >= 0.6 is 31.9 Å². The molecule has 2 rings (SSSR count). The van der Waals surface area contributed by atoms with Gasteiger partial charge in [-0.2, -0.15) is 0 Å². The number of carbonyl (C=O) groups excluding carboxylic acids is 1. The summed E-state index contributed by atoms with van der Waals surface area (Å²) in [5.74, 6) is -0.235. The Hall–Kier alpha value is -0.630. The largest absolute Gasteiger partial charge is 0.399 e. The number of amides is 1. The first-order chi connectivity index (χ1) is 8.58. The van der Waals surface area contributed by atoms with Crippen LogP contribution in [0.2, 0.25) is 0 Å². The second kappa shape index (κ2) is 6.01. The molecule has 1 aliphatic heterocycles. The number of hydrogen-bond donors (Lipinski definition) is 2. The van der Waals surface area contributed by atoms with Gasteiger partial charge in [0.25, 0.3) is 5.91 Å². The number of nitrogen functional groups attached to an aromatic ring is 1. The predicted molar refractivity (Wildman–Crippen MR) is 75.4 cm³/mol. The third-order valence-corrected chi connectivity index (χ3v) is 3.67. The molecule has 1 aromatic carbocycles. The Morgan fingerprint density at radius 1 is 1.33 bits per heavy atom. The van der Waals surface area contributed by atoms with E-state index in [1.165, 1.54) is 0 Å². The van der Waals surface area contributed by atoms with Gasteiger partial charge in [-0.3, -0.25) is 4.79 Å². The van der Waals surface area contributed by atoms with E-state index in [9.17, 15) is 4.79 Å². The van der Waals surface area contributed by atoms with Gasteiger partial charge in [-0.25, -0.2) is 0 Å². The van der Waals surface area contributed by atoms with Crippen LogP contribution in [0.3, 0.4) is 0 Å². The van der Waals surface area contributed by atoms with Crippen LogP contribution in [0.5, 0.6) is 0 Å². The molecule has 5 nitrogen and oxygen atoms in total. The molecule has 1 heterocycles. The predicted octanol–water partition coefficient (Wildman–Crippen LogP) is 2.15. The van der Waals surface area contributed by atoms with Crippen molar-refractivity contribution in [2.75, 3.05) is 30.9 Å². The smallest absolute Gasteiger partial charge is 0.255 e. The van der Waals surface area contributed by atoms with Crippen molar-refractivity contribution >= 4 is 49.1 Å². The van der Waals surface area contributed by atoms with Gasteiger partial charge in [-0.1, -0.05) is 0 Å². The summed E-state index contributed by atoms with van der Waals surface area (Å²) < 4.78 is 11.9. The molecule has 98 valence electrons. The lowest BCUT2D eigenvalue weighted by Gasteiger charge is -2.22. The van der Waals surface area contributed by atoms with Crippen LogP contribution in [0.15, 0.2) is 21.1 Å². The van der Waals surface area contributed by atoms with E-state index in [-0.39, 0.29) is 12.5 Å². The van der Waals surface area contributed by atoms with Crippen LogP contribution in [0.25, 0.3) is 0 Å². The molecule has 0 aromatic heterocycles. The second-order valence-electron chi connectivity index (χ2n) is 3.78. The van der Waals surface area contributed by atoms with Gasteiger partial charge in [0.05, 0.1) is 25.5 Å². The lowest BCUT2D eigenvalue weighted by atomic mass is 10.2. The number of benzene rings is 1. The first-order valence-electron chi connectivity index (χ1n) is 5.32. The molecule has 1 unspecified atom stereocenters. The molecule has 1 saturated heterocycles. The molecule has 3 N–H and O–H groups in total. The molecule has 0 bridgehead atoms. The highest BCUT2D eigenvalue weighted by Crippen LogP contribution is 2.33. The summed E-state index contributed by atoms with van der Waals surface area (Å²) in [5, 5.41) is 2.78. The van der Waals surface area contributed by atoms with E-state index in [4.69, 9.17) is 15.2 Å². The number of carbonyl (C=O) groups is 1. The van der Waals surface area contributed by atoms with Crippen LogP contribution < -0.4 is 11.1 Å². The molecule has 0 saturated carbocycles. The zero-order valence-electron chi connectivity index (χ0n) is 9.41. The molecular formula is C11H12Br2N2O3. The van der Waals surface area contributed by atoms with Gasteiger partial charge in [0.2, 0.25) is 0 Å². The molecule has 7 heteroatoms. The van der Waals surface area contributed by atoms with E-state index in [1.54, 1.807) is 12.1 Å². The van der Waals surface area contributed by atoms with Gasteiger partial charge < -0.3 is 20.5 Å². The maximum Gasteiger partial charge on any atom is 0.255 e. The van der Waals surface area contributed by atoms with E-state index in [1.807, 2.05) is 0 Å². The summed E-state index contributed by atoms with van der Waals surface area (Å²) in [6.07, 6.45) is -0.574. The Labute approximate surface area is 121 Å². The van der Waals surface area contributed by atoms with Gasteiger partial charge in [-0.15, -0.1) is 0 Å². The van der Waals surface area contributed by atoms with Crippen molar-refractivity contribution < 1.29 is 14.3 Å². The number of ether oxygens (including phenoxy) is 2. The van der Waals surface area contributed by atoms with Gasteiger partial charge >= 0.3 is 0 Å². The van der Waals surface area contributed by atoms with Crippen LogP contribution in [-0.4, -0.2) is 31.8 Å². The molecule has 1 fully saturated rings. The van der Waals surface area contributed by atoms with Crippen LogP contribution in [0.1, 0.15) is 0 Å². The maximum absolute atomic E-state index is 12.0. The molecule has 0 radical (unpaired) electrons. The number of nitrogens with one attached hydrogen (secondary N) is 1. The molecular weight excluding hydrogens is 368 g/mol. The third kappa shape index (κ3) is 3.23. The van der Waals surface area contributed by atoms with Crippen molar-refractivity contribution in [3.63, 3.8) is 0 Å². The van der Waals surface area contributed by atoms with Gasteiger partial charge in [0.1, 0.15) is 0 Å². The highest BCUT2D eigenvalue weighted by Gasteiger charge is 2.23. The fraction of sp³-hybridized carbons (Fsp3) is 0.364. The first-order valence-corrected chi connectivity index (χ1v) is 6.91. The monoisotopic (exact) mass is 378 g/mol. The van der Waals surface area contributed by atoms with E-state index in [0.29, 0.717) is 33.5 Å². The molecule has 0 spiro atoms. The number of rotatable bonds is 2. The Bertz CT molecular complexity index is 439. The minimum atomic E-state index is -0.574. The summed E-state index contributed by atoms with van der Waals surface area (Å²) in [6.45, 7) is 1.23. The minimum absolute atomic E-state index is 0.235. The summed E-state index contributed by atoms with van der Waals surface area (Å²) in [4.78, 5) is 12.0. The SMILES string of the molecule is Nc1cc(Br)c(NC(=O)C2COCCO2)c(Br)c1. The standard InChI is InChI=1S/C11H12Br2N2O3/c12-7-3-6(14)4-8(13)10(7)15-11(16)9-5-17-1-2-18-9/h3-4,9H,1-2,5,14H2,(H,15,16). The number of nitrogens with two attached hydrogens (primary N) is 1. The summed E-state index contributed by atoms with van der Waals surface area (Å²) in [7, 11) is 0. The lowest BCUT2D eigenvalue weighted by molar-refractivity contribution is -0.142. The zero-order valence-corrected chi connectivity index (χ0v) is 12.6. The van der Waals surface area contributed by atoms with Gasteiger partial charge in [0.15, 0.2) is 6.10 Å². The highest BCUT2D eigenvalue weighted by molar-refractivity contribution is 9.11. The molecule has 18 heavy (non-hydrogen) atoms. The summed E-state index contributed by atoms with van der Waals surface area (Å²) in [5.41, 5.74) is 6.91. The normalized spacial score (nSPS) is 19.6. The Kier molecular flexibility index (Phi) is 4.60. The second-order valence-corrected chi connectivity index (χ2v) is 5.49. The van der Waals surface area contributed by atoms with Gasteiger partial charge in [0, 0.05) is 14.6 Å². The average Bonchev–Trinajstić information content (AvgIpc) is 2.34. The number of anilines is 2. The molecule has 1 atom stereocenters. The Morgan fingerprint density at radius 2 is 2.00 bits per heavy atom. The highest BCUT2D eigenvalue weighted by atomic mass is 79.9. The van der Waals surface area contributed by atoms with Crippen molar-refractivity contribution in [1.82, 2.24) is 0 Å². The molecule has 1 aliphatic rings. The third-order valence-electron chi connectivity index (χ3n) is 2.42. The van der Waals surface area contributed by atoms with Crippen molar-refractivity contribution in [3.8, 4) is 0 Å². The maximum atomic E-state index is 12.0. The van der Waals surface area contributed by atoms with Crippen LogP contribution in [0, 0.1) is 0 Å². The molecule has 1 aromatic rings. The Morgan fingerprint density at radius 3 is 2.56 bits per heavy atom. The summed E-state index contributed by atoms with van der Waals surface area (Å²) in [6, 6.07) is 3.44. The first kappa shape index (κ1) is 13.8. The fourth-order valence-corrected chi connectivity index (χ4v) is 2.98. The summed E-state index contributed by atoms with van der Waals surface area (Å²) >= 11 is 6.71. The van der Waals surface area contributed by atoms with E-state index in [0.717, 1.165) is 0 Å². The van der Waals surface area contributed by atoms with Crippen LogP contribution in [-0.2, 0) is 14.3 Å². The van der Waals surface area contributed by atoms with Crippen molar-refractivity contribution in [2.24, 2.45) is 0 Å². The van der Waals surface area contributed by atoms with Crippen molar-refractivity contribution in [1.29, 1.82) is 0 Å². The number of hydrogen-bond acceptors (Lipinski definition) is 4. The lowest BCUT2D eigenvalue weighted by Crippen LogP contribution is -2.39. The van der Waals surface area contributed by atoms with E-state index >= 15 is 0 Å². The van der Waals surface area contributed by atoms with Crippen molar-refractivity contribution in [3.05, 3.63) is 21.1 Å². The van der Waals surface area contributed by atoms with E-state index in [2.05, 4.69) is 37.2 Å². The van der Waals surface area contributed by atoms with Crippen molar-refractivity contribution in [2.45, 2.75) is 6.10 Å². The minimum Gasteiger partial charge on any atom is -0.399 e. The Balaban J connectivity index is 2.11. The quantitative estimate of drug-likeness (QED) is 0.772. The van der Waals surface area contributed by atoms with E-state index < -0.39 is 6.10 Å². The zero-order chi connectivity index (χ0) is 13.1. The average molecular weight is 380 g/mol. The molecule has 1 amide bonds. The van der Waals surface area contributed by atoms with Gasteiger partial charge in [-0.05, 0) is 44.0 Å². The van der Waals surface area contributed by atoms with Crippen LogP contribution in [0.4, 0.5) is 11.4 Å². The topological polar surface area (TPSA) is 73.6 Å². The fourth-order valence-electron chi connectivity index (χ4n) is 1.56. The molecule has 0 aliphatic carbocycles.